The average molecular weight is 208 g/mol. The molecular formula is C10H16N4O. The number of hydrogen-bond donors (Lipinski definition) is 2. The van der Waals surface area contributed by atoms with Crippen molar-refractivity contribution >= 4 is 5.82 Å². The highest BCUT2D eigenvalue weighted by atomic mass is 16.1. The average Bonchev–Trinajstić information content (AvgIpc) is 2.15. The fourth-order valence-electron chi connectivity index (χ4n) is 2.09. The number of hydrogen-bond acceptors (Lipinski definition) is 4. The number of rotatable bonds is 3. The van der Waals surface area contributed by atoms with E-state index in [4.69, 9.17) is 5.73 Å². The van der Waals surface area contributed by atoms with Gasteiger partial charge >= 0.3 is 0 Å². The molecule has 2 rings (SSSR count). The van der Waals surface area contributed by atoms with Gasteiger partial charge in [-0.25, -0.2) is 4.98 Å². The maximum atomic E-state index is 11.4. The molecule has 0 saturated carbocycles. The summed E-state index contributed by atoms with van der Waals surface area (Å²) >= 11 is 0. The predicted molar refractivity (Wildman–Crippen MR) is 58.9 cm³/mol. The Kier molecular flexibility index (Phi) is 2.48. The van der Waals surface area contributed by atoms with E-state index in [1.165, 1.54) is 6.20 Å². The van der Waals surface area contributed by atoms with Crippen LogP contribution in [0.5, 0.6) is 0 Å². The quantitative estimate of drug-likeness (QED) is 0.738. The second-order valence-corrected chi connectivity index (χ2v) is 4.21. The molecule has 0 spiro atoms. The molecule has 1 aromatic rings. The van der Waals surface area contributed by atoms with Crippen molar-refractivity contribution in [2.75, 3.05) is 18.0 Å². The van der Waals surface area contributed by atoms with Crippen molar-refractivity contribution in [1.29, 1.82) is 0 Å². The number of H-pyrrole nitrogens is 1. The maximum Gasteiger partial charge on any atom is 0.290 e. The Morgan fingerprint density at radius 2 is 2.40 bits per heavy atom. The second-order valence-electron chi connectivity index (χ2n) is 4.21. The van der Waals surface area contributed by atoms with Crippen molar-refractivity contribution in [3.05, 3.63) is 22.7 Å². The monoisotopic (exact) mass is 208 g/mol. The van der Waals surface area contributed by atoms with Gasteiger partial charge in [-0.1, -0.05) is 13.3 Å². The second kappa shape index (κ2) is 3.66. The summed E-state index contributed by atoms with van der Waals surface area (Å²) in [6, 6.07) is 0. The lowest BCUT2D eigenvalue weighted by Crippen LogP contribution is -2.68. The zero-order valence-corrected chi connectivity index (χ0v) is 8.86. The van der Waals surface area contributed by atoms with Gasteiger partial charge in [0, 0.05) is 25.5 Å². The molecule has 1 saturated heterocycles. The molecule has 15 heavy (non-hydrogen) atoms. The summed E-state index contributed by atoms with van der Waals surface area (Å²) in [6.07, 6.45) is 5.19. The SMILES string of the molecule is CCCC1(N)CN(c2ncc[nH]c2=O)C1. The van der Waals surface area contributed by atoms with Gasteiger partial charge in [0.05, 0.1) is 5.54 Å². The van der Waals surface area contributed by atoms with Crippen LogP contribution in [-0.2, 0) is 0 Å². The van der Waals surface area contributed by atoms with E-state index in [0.717, 1.165) is 25.9 Å². The van der Waals surface area contributed by atoms with Gasteiger partial charge < -0.3 is 15.6 Å². The van der Waals surface area contributed by atoms with Crippen LogP contribution in [0.1, 0.15) is 19.8 Å². The van der Waals surface area contributed by atoms with E-state index in [9.17, 15) is 4.79 Å². The molecule has 0 aromatic carbocycles. The molecule has 1 aliphatic heterocycles. The highest BCUT2D eigenvalue weighted by molar-refractivity contribution is 5.42. The third-order valence-corrected chi connectivity index (χ3v) is 2.75. The van der Waals surface area contributed by atoms with Crippen LogP contribution in [-0.4, -0.2) is 28.6 Å². The highest BCUT2D eigenvalue weighted by Gasteiger charge is 2.39. The summed E-state index contributed by atoms with van der Waals surface area (Å²) in [5.74, 6) is 0.481. The first-order chi connectivity index (χ1) is 7.14. The molecule has 5 nitrogen and oxygen atoms in total. The fourth-order valence-corrected chi connectivity index (χ4v) is 2.09. The van der Waals surface area contributed by atoms with Crippen LogP contribution in [0.3, 0.4) is 0 Å². The Hall–Kier alpha value is -1.36. The third kappa shape index (κ3) is 1.87. The molecule has 0 bridgehead atoms. The minimum absolute atomic E-state index is 0.126. The standard InChI is InChI=1S/C10H16N4O/c1-2-3-10(11)6-14(7-10)8-9(15)13-5-4-12-8/h4-5H,2-3,6-7,11H2,1H3,(H,13,15). The lowest BCUT2D eigenvalue weighted by Gasteiger charge is -2.48. The van der Waals surface area contributed by atoms with E-state index in [1.807, 2.05) is 4.90 Å². The molecule has 82 valence electrons. The molecule has 0 aliphatic carbocycles. The summed E-state index contributed by atoms with van der Waals surface area (Å²) in [4.78, 5) is 20.0. The molecule has 0 amide bonds. The van der Waals surface area contributed by atoms with Crippen LogP contribution in [0.2, 0.25) is 0 Å². The summed E-state index contributed by atoms with van der Waals surface area (Å²) in [7, 11) is 0. The first-order valence-corrected chi connectivity index (χ1v) is 5.22. The van der Waals surface area contributed by atoms with Crippen LogP contribution >= 0.6 is 0 Å². The van der Waals surface area contributed by atoms with Gasteiger partial charge in [-0.05, 0) is 6.42 Å². The van der Waals surface area contributed by atoms with Gasteiger partial charge in [-0.3, -0.25) is 4.79 Å². The molecule has 3 N–H and O–H groups in total. The number of aromatic nitrogens is 2. The molecule has 5 heteroatoms. The maximum absolute atomic E-state index is 11.4. The topological polar surface area (TPSA) is 75.0 Å². The highest BCUT2D eigenvalue weighted by Crippen LogP contribution is 2.25. The fraction of sp³-hybridized carbons (Fsp3) is 0.600. The van der Waals surface area contributed by atoms with Gasteiger partial charge in [-0.2, -0.15) is 0 Å². The Labute approximate surface area is 88.3 Å². The van der Waals surface area contributed by atoms with Crippen molar-refractivity contribution < 1.29 is 0 Å². The molecule has 0 atom stereocenters. The Morgan fingerprint density at radius 3 is 3.00 bits per heavy atom. The third-order valence-electron chi connectivity index (χ3n) is 2.75. The zero-order valence-electron chi connectivity index (χ0n) is 8.86. The summed E-state index contributed by atoms with van der Waals surface area (Å²) in [6.45, 7) is 3.56. The minimum atomic E-state index is -0.143. The summed E-state index contributed by atoms with van der Waals surface area (Å²) in [5.41, 5.74) is 5.84. The Morgan fingerprint density at radius 1 is 1.67 bits per heavy atom. The van der Waals surface area contributed by atoms with Crippen LogP contribution in [0, 0.1) is 0 Å². The van der Waals surface area contributed by atoms with Crippen molar-refractivity contribution in [2.24, 2.45) is 5.73 Å². The smallest absolute Gasteiger partial charge is 0.290 e. The van der Waals surface area contributed by atoms with Crippen LogP contribution in [0.4, 0.5) is 5.82 Å². The van der Waals surface area contributed by atoms with Crippen molar-refractivity contribution in [1.82, 2.24) is 9.97 Å². The molecule has 1 aliphatic rings. The summed E-state index contributed by atoms with van der Waals surface area (Å²) in [5, 5.41) is 0. The number of nitrogens with zero attached hydrogens (tertiary/aromatic N) is 2. The molecule has 1 aromatic heterocycles. The minimum Gasteiger partial charge on any atom is -0.348 e. The van der Waals surface area contributed by atoms with Crippen LogP contribution < -0.4 is 16.2 Å². The number of nitrogens with two attached hydrogens (primary N) is 1. The van der Waals surface area contributed by atoms with Gasteiger partial charge in [-0.15, -0.1) is 0 Å². The number of anilines is 1. The first kappa shape index (κ1) is 10.2. The van der Waals surface area contributed by atoms with Gasteiger partial charge in [0.2, 0.25) is 0 Å². The van der Waals surface area contributed by atoms with E-state index in [1.54, 1.807) is 6.20 Å². The Bertz CT molecular complexity index is 394. The summed E-state index contributed by atoms with van der Waals surface area (Å²) < 4.78 is 0. The van der Waals surface area contributed by atoms with E-state index >= 15 is 0 Å². The molecular weight excluding hydrogens is 192 g/mol. The molecule has 2 heterocycles. The van der Waals surface area contributed by atoms with Crippen molar-refractivity contribution in [2.45, 2.75) is 25.3 Å². The molecule has 0 unspecified atom stereocenters. The number of aromatic amines is 1. The van der Waals surface area contributed by atoms with Gasteiger partial charge in [0.25, 0.3) is 5.56 Å². The lowest BCUT2D eigenvalue weighted by molar-refractivity contribution is 0.305. The van der Waals surface area contributed by atoms with Crippen LogP contribution in [0.25, 0.3) is 0 Å². The molecule has 0 radical (unpaired) electrons. The van der Waals surface area contributed by atoms with E-state index < -0.39 is 0 Å². The lowest BCUT2D eigenvalue weighted by atomic mass is 9.86. The van der Waals surface area contributed by atoms with E-state index in [2.05, 4.69) is 16.9 Å². The van der Waals surface area contributed by atoms with Crippen molar-refractivity contribution in [3.63, 3.8) is 0 Å². The predicted octanol–water partition coefficient (Wildman–Crippen LogP) is 0.0875. The largest absolute Gasteiger partial charge is 0.348 e. The van der Waals surface area contributed by atoms with E-state index in [-0.39, 0.29) is 11.1 Å². The van der Waals surface area contributed by atoms with Crippen molar-refractivity contribution in [3.8, 4) is 0 Å². The molecule has 1 fully saturated rings. The van der Waals surface area contributed by atoms with Gasteiger partial charge in [0.15, 0.2) is 5.82 Å². The van der Waals surface area contributed by atoms with Gasteiger partial charge in [0.1, 0.15) is 0 Å². The first-order valence-electron chi connectivity index (χ1n) is 5.22. The van der Waals surface area contributed by atoms with Crippen LogP contribution in [0.15, 0.2) is 17.2 Å². The number of nitrogens with one attached hydrogen (secondary N) is 1. The van der Waals surface area contributed by atoms with E-state index in [0.29, 0.717) is 5.82 Å². The normalized spacial score (nSPS) is 18.7. The zero-order chi connectivity index (χ0) is 10.9. The Balaban J connectivity index is 2.06.